The fourth-order valence-corrected chi connectivity index (χ4v) is 3.86. The molecule has 30 heavy (non-hydrogen) atoms. The van der Waals surface area contributed by atoms with E-state index < -0.39 is 0 Å². The molecule has 1 N–H and O–H groups in total. The highest BCUT2D eigenvalue weighted by molar-refractivity contribution is 6.33. The van der Waals surface area contributed by atoms with E-state index in [1.165, 1.54) is 10.8 Å². The maximum Gasteiger partial charge on any atom is 0.238 e. The van der Waals surface area contributed by atoms with Crippen LogP contribution in [-0.2, 0) is 4.79 Å². The molecule has 1 aliphatic rings. The number of hydrogen-bond acceptors (Lipinski definition) is 4. The van der Waals surface area contributed by atoms with E-state index in [2.05, 4.69) is 39.4 Å². The van der Waals surface area contributed by atoms with E-state index >= 15 is 0 Å². The number of anilines is 1. The Bertz CT molecular complexity index is 1000. The standard InChI is InChI=1S/C24H26ClN3O2/c25-22-7-3-4-8-23(22)26-24(29)18-28-13-11-27(12-14-28)15-16-30-21-10-9-19-5-1-2-6-20(19)17-21/h1-10,17H,11-16,18H2,(H,26,29). The van der Waals surface area contributed by atoms with E-state index in [0.29, 0.717) is 23.9 Å². The number of hydrogen-bond donors (Lipinski definition) is 1. The number of amides is 1. The Kier molecular flexibility index (Phi) is 6.84. The summed E-state index contributed by atoms with van der Waals surface area (Å²) in [5.41, 5.74) is 0.661. The molecule has 0 aromatic heterocycles. The van der Waals surface area contributed by atoms with Gasteiger partial charge in [0.1, 0.15) is 12.4 Å². The molecule has 0 saturated carbocycles. The predicted octanol–water partition coefficient (Wildman–Crippen LogP) is 4.13. The molecule has 1 amide bonds. The number of rotatable bonds is 7. The van der Waals surface area contributed by atoms with E-state index in [1.54, 1.807) is 6.07 Å². The topological polar surface area (TPSA) is 44.8 Å². The van der Waals surface area contributed by atoms with Crippen LogP contribution in [0, 0.1) is 0 Å². The minimum atomic E-state index is -0.0313. The van der Waals surface area contributed by atoms with Crippen molar-refractivity contribution >= 4 is 34.0 Å². The number of nitrogens with zero attached hydrogens (tertiary/aromatic N) is 2. The zero-order valence-electron chi connectivity index (χ0n) is 16.9. The average molecular weight is 424 g/mol. The van der Waals surface area contributed by atoms with Crippen molar-refractivity contribution in [2.24, 2.45) is 0 Å². The summed E-state index contributed by atoms with van der Waals surface area (Å²) in [7, 11) is 0. The van der Waals surface area contributed by atoms with Crippen LogP contribution >= 0.6 is 11.6 Å². The third-order valence-corrected chi connectivity index (χ3v) is 5.71. The van der Waals surface area contributed by atoms with Gasteiger partial charge >= 0.3 is 0 Å². The van der Waals surface area contributed by atoms with Crippen LogP contribution in [-0.4, -0.2) is 61.6 Å². The second kappa shape index (κ2) is 9.94. The summed E-state index contributed by atoms with van der Waals surface area (Å²) in [6.45, 7) is 5.52. The number of piperazine rings is 1. The van der Waals surface area contributed by atoms with Gasteiger partial charge in [-0.1, -0.05) is 54.1 Å². The van der Waals surface area contributed by atoms with Gasteiger partial charge in [-0.3, -0.25) is 14.6 Å². The maximum absolute atomic E-state index is 12.3. The van der Waals surface area contributed by atoms with Crippen molar-refractivity contribution in [1.29, 1.82) is 0 Å². The molecule has 0 aliphatic carbocycles. The van der Waals surface area contributed by atoms with Crippen LogP contribution < -0.4 is 10.1 Å². The number of ether oxygens (including phenoxy) is 1. The number of carbonyl (C=O) groups is 1. The number of halogens is 1. The highest BCUT2D eigenvalue weighted by atomic mass is 35.5. The van der Waals surface area contributed by atoms with E-state index in [4.69, 9.17) is 16.3 Å². The first-order valence-corrected chi connectivity index (χ1v) is 10.7. The summed E-state index contributed by atoms with van der Waals surface area (Å²) >= 11 is 6.10. The number of carbonyl (C=O) groups excluding carboxylic acids is 1. The Labute approximate surface area is 182 Å². The smallest absolute Gasteiger partial charge is 0.238 e. The molecule has 5 nitrogen and oxygen atoms in total. The SMILES string of the molecule is O=C(CN1CCN(CCOc2ccc3ccccc3c2)CC1)Nc1ccccc1Cl. The summed E-state index contributed by atoms with van der Waals surface area (Å²) in [5.74, 6) is 0.875. The quantitative estimate of drug-likeness (QED) is 0.620. The number of fused-ring (bicyclic) bond motifs is 1. The first kappa shape index (κ1) is 20.7. The van der Waals surface area contributed by atoms with Crippen LogP contribution in [0.1, 0.15) is 0 Å². The molecular formula is C24H26ClN3O2. The summed E-state index contributed by atoms with van der Waals surface area (Å²) in [6.07, 6.45) is 0. The van der Waals surface area contributed by atoms with Crippen LogP contribution in [0.5, 0.6) is 5.75 Å². The van der Waals surface area contributed by atoms with Gasteiger partial charge in [-0.2, -0.15) is 0 Å². The van der Waals surface area contributed by atoms with E-state index in [9.17, 15) is 4.79 Å². The Morgan fingerprint density at radius 2 is 1.60 bits per heavy atom. The fourth-order valence-electron chi connectivity index (χ4n) is 3.68. The lowest BCUT2D eigenvalue weighted by Gasteiger charge is -2.34. The zero-order chi connectivity index (χ0) is 20.8. The van der Waals surface area contributed by atoms with Gasteiger partial charge in [0.05, 0.1) is 17.3 Å². The van der Waals surface area contributed by atoms with Crippen molar-refractivity contribution in [2.75, 3.05) is 51.2 Å². The van der Waals surface area contributed by atoms with Crippen molar-refractivity contribution in [1.82, 2.24) is 9.80 Å². The van der Waals surface area contributed by atoms with Crippen LogP contribution in [0.25, 0.3) is 10.8 Å². The summed E-state index contributed by atoms with van der Waals surface area (Å²) < 4.78 is 5.95. The lowest BCUT2D eigenvalue weighted by Crippen LogP contribution is -2.49. The van der Waals surface area contributed by atoms with Crippen molar-refractivity contribution < 1.29 is 9.53 Å². The van der Waals surface area contributed by atoms with Crippen LogP contribution in [0.15, 0.2) is 66.7 Å². The lowest BCUT2D eigenvalue weighted by atomic mass is 10.1. The number of benzene rings is 3. The highest BCUT2D eigenvalue weighted by Crippen LogP contribution is 2.21. The van der Waals surface area contributed by atoms with Gasteiger partial charge in [0.15, 0.2) is 0 Å². The second-order valence-corrected chi connectivity index (χ2v) is 7.91. The maximum atomic E-state index is 12.3. The lowest BCUT2D eigenvalue weighted by molar-refractivity contribution is -0.117. The number of nitrogens with one attached hydrogen (secondary N) is 1. The molecule has 6 heteroatoms. The van der Waals surface area contributed by atoms with Crippen molar-refractivity contribution in [3.8, 4) is 5.75 Å². The molecule has 1 aliphatic heterocycles. The average Bonchev–Trinajstić information content (AvgIpc) is 2.76. The van der Waals surface area contributed by atoms with Crippen LogP contribution in [0.3, 0.4) is 0 Å². The van der Waals surface area contributed by atoms with Gasteiger partial charge in [-0.25, -0.2) is 0 Å². The molecule has 0 spiro atoms. The van der Waals surface area contributed by atoms with Crippen molar-refractivity contribution in [3.63, 3.8) is 0 Å². The second-order valence-electron chi connectivity index (χ2n) is 7.50. The molecule has 1 fully saturated rings. The van der Waals surface area contributed by atoms with Crippen LogP contribution in [0.2, 0.25) is 5.02 Å². The van der Waals surface area contributed by atoms with Gasteiger partial charge in [0.25, 0.3) is 0 Å². The first-order chi connectivity index (χ1) is 14.7. The first-order valence-electron chi connectivity index (χ1n) is 10.3. The summed E-state index contributed by atoms with van der Waals surface area (Å²) in [6, 6.07) is 21.8. The molecule has 0 unspecified atom stereocenters. The minimum absolute atomic E-state index is 0.0313. The Hall–Kier alpha value is -2.60. The largest absolute Gasteiger partial charge is 0.492 e. The molecule has 0 atom stereocenters. The summed E-state index contributed by atoms with van der Waals surface area (Å²) in [5, 5.41) is 5.86. The highest BCUT2D eigenvalue weighted by Gasteiger charge is 2.19. The monoisotopic (exact) mass is 423 g/mol. The molecule has 156 valence electrons. The summed E-state index contributed by atoms with van der Waals surface area (Å²) in [4.78, 5) is 16.8. The van der Waals surface area contributed by atoms with E-state index in [1.807, 2.05) is 36.4 Å². The normalized spacial score (nSPS) is 15.2. The van der Waals surface area contributed by atoms with Crippen molar-refractivity contribution in [2.45, 2.75) is 0 Å². The minimum Gasteiger partial charge on any atom is -0.492 e. The van der Waals surface area contributed by atoms with Gasteiger partial charge in [-0.05, 0) is 35.0 Å². The Balaban J connectivity index is 1.17. The van der Waals surface area contributed by atoms with E-state index in [0.717, 1.165) is 38.5 Å². The predicted molar refractivity (Wildman–Crippen MR) is 122 cm³/mol. The van der Waals surface area contributed by atoms with Gasteiger partial charge < -0.3 is 10.1 Å². The Morgan fingerprint density at radius 1 is 0.900 bits per heavy atom. The molecule has 1 saturated heterocycles. The Morgan fingerprint density at radius 3 is 2.40 bits per heavy atom. The number of para-hydroxylation sites is 1. The van der Waals surface area contributed by atoms with E-state index in [-0.39, 0.29) is 5.91 Å². The van der Waals surface area contributed by atoms with Gasteiger partial charge in [0, 0.05) is 32.7 Å². The molecule has 1 heterocycles. The molecule has 0 radical (unpaired) electrons. The van der Waals surface area contributed by atoms with Gasteiger partial charge in [0.2, 0.25) is 5.91 Å². The van der Waals surface area contributed by atoms with Gasteiger partial charge in [-0.15, -0.1) is 0 Å². The third-order valence-electron chi connectivity index (χ3n) is 5.38. The zero-order valence-corrected chi connectivity index (χ0v) is 17.6. The molecule has 3 aromatic carbocycles. The molecule has 0 bridgehead atoms. The van der Waals surface area contributed by atoms with Crippen LogP contribution in [0.4, 0.5) is 5.69 Å². The third kappa shape index (κ3) is 5.51. The molecular weight excluding hydrogens is 398 g/mol. The van der Waals surface area contributed by atoms with Crippen molar-refractivity contribution in [3.05, 3.63) is 71.8 Å². The molecule has 3 aromatic rings. The molecule has 4 rings (SSSR count). The fraction of sp³-hybridized carbons (Fsp3) is 0.292.